The Morgan fingerprint density at radius 3 is 2.73 bits per heavy atom. The molecule has 0 radical (unpaired) electrons. The molecule has 4 heteroatoms. The van der Waals surface area contributed by atoms with Gasteiger partial charge in [0, 0.05) is 31.4 Å². The normalized spacial score (nSPS) is 51.5. The van der Waals surface area contributed by atoms with Gasteiger partial charge in [0.1, 0.15) is 0 Å². The highest BCUT2D eigenvalue weighted by atomic mass is 16.1. The SMILES string of the molecule is O=C(NCCCn1cccn1)C1C2C3CC4C5C3CC2C5C41. The molecule has 0 aromatic carbocycles. The first-order valence-electron chi connectivity index (χ1n) is 9.10. The van der Waals surface area contributed by atoms with Crippen LogP contribution in [0, 0.1) is 53.3 Å². The van der Waals surface area contributed by atoms with E-state index in [1.165, 1.54) is 12.8 Å². The lowest BCUT2D eigenvalue weighted by atomic mass is 9.57. The van der Waals surface area contributed by atoms with Crippen LogP contribution >= 0.6 is 0 Å². The van der Waals surface area contributed by atoms with Crippen molar-refractivity contribution < 1.29 is 4.79 Å². The summed E-state index contributed by atoms with van der Waals surface area (Å²) in [7, 11) is 0. The van der Waals surface area contributed by atoms with Crippen LogP contribution in [0.4, 0.5) is 0 Å². The number of carbonyl (C=O) groups excluding carboxylic acids is 1. The van der Waals surface area contributed by atoms with Crippen molar-refractivity contribution in [2.24, 2.45) is 53.3 Å². The molecule has 1 aromatic heterocycles. The fraction of sp³-hybridized carbons (Fsp3) is 0.778. The molecule has 0 spiro atoms. The number of hydrogen-bond donors (Lipinski definition) is 1. The molecule has 1 heterocycles. The van der Waals surface area contributed by atoms with Gasteiger partial charge in [-0.05, 0) is 72.7 Å². The van der Waals surface area contributed by atoms with Crippen molar-refractivity contribution in [3.05, 3.63) is 18.5 Å². The van der Waals surface area contributed by atoms with Gasteiger partial charge in [0.15, 0.2) is 0 Å². The van der Waals surface area contributed by atoms with E-state index < -0.39 is 0 Å². The standard InChI is InChI=1S/C18H23N3O/c22-18(19-3-1-5-21-6-2-4-20-21)17-14-10-8-11-13-9(10)7-12(14)15(13)16(11)17/h2,4,6,9-17H,1,3,5,7-8H2,(H,19,22). The van der Waals surface area contributed by atoms with Crippen LogP contribution in [0.25, 0.3) is 0 Å². The first kappa shape index (κ1) is 12.1. The zero-order valence-electron chi connectivity index (χ0n) is 12.8. The molecule has 116 valence electrons. The molecule has 5 fully saturated rings. The van der Waals surface area contributed by atoms with Crippen LogP contribution in [-0.4, -0.2) is 22.2 Å². The Morgan fingerprint density at radius 1 is 1.09 bits per heavy atom. The number of nitrogens with one attached hydrogen (secondary N) is 1. The molecule has 1 N–H and O–H groups in total. The van der Waals surface area contributed by atoms with Gasteiger partial charge in [-0.25, -0.2) is 0 Å². The van der Waals surface area contributed by atoms with Crippen LogP contribution in [0.1, 0.15) is 19.3 Å². The monoisotopic (exact) mass is 297 g/mol. The molecule has 5 aliphatic carbocycles. The van der Waals surface area contributed by atoms with E-state index in [0.29, 0.717) is 11.8 Å². The second-order valence-corrected chi connectivity index (χ2v) is 8.38. The van der Waals surface area contributed by atoms with E-state index in [0.717, 1.165) is 66.9 Å². The zero-order valence-corrected chi connectivity index (χ0v) is 12.8. The van der Waals surface area contributed by atoms with Gasteiger partial charge in [-0.15, -0.1) is 0 Å². The van der Waals surface area contributed by atoms with Gasteiger partial charge < -0.3 is 5.32 Å². The van der Waals surface area contributed by atoms with Gasteiger partial charge in [0.25, 0.3) is 0 Å². The Labute approximate surface area is 130 Å². The number of rotatable bonds is 5. The molecule has 0 saturated heterocycles. The third-order valence-corrected chi connectivity index (χ3v) is 8.05. The van der Waals surface area contributed by atoms with Crippen LogP contribution in [0.3, 0.4) is 0 Å². The minimum absolute atomic E-state index is 0.382. The topological polar surface area (TPSA) is 46.9 Å². The molecule has 22 heavy (non-hydrogen) atoms. The molecule has 6 rings (SSSR count). The van der Waals surface area contributed by atoms with Gasteiger partial charge in [0.05, 0.1) is 0 Å². The average Bonchev–Trinajstić information content (AvgIpc) is 3.19. The van der Waals surface area contributed by atoms with Gasteiger partial charge in [-0.3, -0.25) is 9.48 Å². The lowest BCUT2D eigenvalue weighted by molar-refractivity contribution is -0.132. The van der Waals surface area contributed by atoms with Crippen LogP contribution in [0.5, 0.6) is 0 Å². The van der Waals surface area contributed by atoms with Gasteiger partial charge >= 0.3 is 0 Å². The summed E-state index contributed by atoms with van der Waals surface area (Å²) in [5.41, 5.74) is 0. The summed E-state index contributed by atoms with van der Waals surface area (Å²) >= 11 is 0. The Hall–Kier alpha value is -1.32. The molecule has 9 atom stereocenters. The second kappa shape index (κ2) is 3.95. The lowest BCUT2D eigenvalue weighted by Crippen LogP contribution is -2.48. The summed E-state index contributed by atoms with van der Waals surface area (Å²) < 4.78 is 1.94. The van der Waals surface area contributed by atoms with Crippen molar-refractivity contribution in [1.29, 1.82) is 0 Å². The summed E-state index contributed by atoms with van der Waals surface area (Å²) in [6.45, 7) is 1.69. The number of carbonyl (C=O) groups is 1. The van der Waals surface area contributed by atoms with Crippen LogP contribution < -0.4 is 5.32 Å². The Kier molecular flexibility index (Phi) is 2.18. The van der Waals surface area contributed by atoms with Crippen molar-refractivity contribution in [3.8, 4) is 0 Å². The Bertz CT molecular complexity index is 620. The van der Waals surface area contributed by atoms with Gasteiger partial charge in [0.2, 0.25) is 5.91 Å². The molecule has 2 bridgehead atoms. The minimum atomic E-state index is 0.382. The fourth-order valence-electron chi connectivity index (χ4n) is 7.83. The summed E-state index contributed by atoms with van der Waals surface area (Å²) in [6, 6.07) is 1.95. The van der Waals surface area contributed by atoms with E-state index in [2.05, 4.69) is 10.4 Å². The molecule has 1 amide bonds. The maximum Gasteiger partial charge on any atom is 0.223 e. The highest BCUT2D eigenvalue weighted by Gasteiger charge is 2.81. The number of fused-ring (bicyclic) bond motifs is 2. The van der Waals surface area contributed by atoms with E-state index in [-0.39, 0.29) is 0 Å². The van der Waals surface area contributed by atoms with E-state index >= 15 is 0 Å². The Balaban J connectivity index is 1.11. The molecule has 5 saturated carbocycles. The predicted octanol–water partition coefficient (Wildman–Crippen LogP) is 1.78. The molecule has 4 nitrogen and oxygen atoms in total. The highest BCUT2D eigenvalue weighted by molar-refractivity contribution is 5.80. The van der Waals surface area contributed by atoms with E-state index in [9.17, 15) is 4.79 Å². The summed E-state index contributed by atoms with van der Waals surface area (Å²) in [5, 5.41) is 7.46. The summed E-state index contributed by atoms with van der Waals surface area (Å²) in [6.07, 6.45) is 7.71. The van der Waals surface area contributed by atoms with Gasteiger partial charge in [-0.2, -0.15) is 5.10 Å². The first-order valence-corrected chi connectivity index (χ1v) is 9.10. The Morgan fingerprint density at radius 2 is 1.91 bits per heavy atom. The summed E-state index contributed by atoms with van der Waals surface area (Å²) in [4.78, 5) is 12.8. The van der Waals surface area contributed by atoms with Crippen LogP contribution in [0.15, 0.2) is 18.5 Å². The van der Waals surface area contributed by atoms with E-state index in [1.54, 1.807) is 0 Å². The van der Waals surface area contributed by atoms with Crippen molar-refractivity contribution in [2.45, 2.75) is 25.8 Å². The van der Waals surface area contributed by atoms with E-state index in [4.69, 9.17) is 0 Å². The number of aryl methyl sites for hydroxylation is 1. The highest BCUT2D eigenvalue weighted by Crippen LogP contribution is 2.84. The average molecular weight is 297 g/mol. The van der Waals surface area contributed by atoms with Crippen LogP contribution in [0.2, 0.25) is 0 Å². The third-order valence-electron chi connectivity index (χ3n) is 8.05. The molecular formula is C18H23N3O. The number of amides is 1. The molecule has 0 aliphatic heterocycles. The molecular weight excluding hydrogens is 274 g/mol. The molecule has 9 unspecified atom stereocenters. The number of nitrogens with zero attached hydrogens (tertiary/aromatic N) is 2. The van der Waals surface area contributed by atoms with Crippen molar-refractivity contribution >= 4 is 5.91 Å². The number of aromatic nitrogens is 2. The van der Waals surface area contributed by atoms with Crippen molar-refractivity contribution in [1.82, 2.24) is 15.1 Å². The maximum absolute atomic E-state index is 12.8. The lowest BCUT2D eigenvalue weighted by Gasteiger charge is -2.47. The number of hydrogen-bond acceptors (Lipinski definition) is 2. The fourth-order valence-corrected chi connectivity index (χ4v) is 7.83. The largest absolute Gasteiger partial charge is 0.356 e. The zero-order chi connectivity index (χ0) is 14.4. The second-order valence-electron chi connectivity index (χ2n) is 8.38. The first-order chi connectivity index (χ1) is 10.8. The minimum Gasteiger partial charge on any atom is -0.356 e. The quantitative estimate of drug-likeness (QED) is 0.842. The van der Waals surface area contributed by atoms with Crippen LogP contribution in [-0.2, 0) is 11.3 Å². The maximum atomic E-state index is 12.8. The predicted molar refractivity (Wildman–Crippen MR) is 80.5 cm³/mol. The van der Waals surface area contributed by atoms with Crippen molar-refractivity contribution in [3.63, 3.8) is 0 Å². The van der Waals surface area contributed by atoms with Crippen molar-refractivity contribution in [2.75, 3.05) is 6.54 Å². The smallest absolute Gasteiger partial charge is 0.223 e. The van der Waals surface area contributed by atoms with E-state index in [1.807, 2.05) is 23.1 Å². The van der Waals surface area contributed by atoms with Gasteiger partial charge in [-0.1, -0.05) is 0 Å². The molecule has 1 aromatic rings. The summed E-state index contributed by atoms with van der Waals surface area (Å²) in [5.74, 6) is 8.13. The third kappa shape index (κ3) is 1.24. The molecule has 5 aliphatic rings.